The molecule has 7 heteroatoms. The molecule has 2 rings (SSSR count). The Morgan fingerprint density at radius 3 is 2.85 bits per heavy atom. The predicted octanol–water partition coefficient (Wildman–Crippen LogP) is 3.96. The molecule has 2 aromatic heterocycles. The third kappa shape index (κ3) is 3.62. The quantitative estimate of drug-likeness (QED) is 0.859. The molecule has 0 aliphatic heterocycles. The second-order valence-corrected chi connectivity index (χ2v) is 7.19. The summed E-state index contributed by atoms with van der Waals surface area (Å²) in [6.07, 6.45) is 2.53. The maximum absolute atomic E-state index is 12.1. The van der Waals surface area contributed by atoms with Crippen molar-refractivity contribution < 1.29 is 0 Å². The molecule has 0 aliphatic carbocycles. The summed E-state index contributed by atoms with van der Waals surface area (Å²) in [5, 5.41) is 7.38. The number of hydrogen-bond donors (Lipinski definition) is 1. The zero-order valence-electron chi connectivity index (χ0n) is 11.2. The van der Waals surface area contributed by atoms with Gasteiger partial charge in [-0.15, -0.1) is 11.3 Å². The highest BCUT2D eigenvalue weighted by atomic mass is 79.9. The first-order chi connectivity index (χ1) is 9.49. The van der Waals surface area contributed by atoms with Crippen LogP contribution in [0, 0.1) is 0 Å². The fourth-order valence-corrected chi connectivity index (χ4v) is 3.25. The third-order valence-electron chi connectivity index (χ3n) is 2.75. The Kier molecular flexibility index (Phi) is 5.23. The van der Waals surface area contributed by atoms with E-state index in [2.05, 4.69) is 26.3 Å². The van der Waals surface area contributed by atoms with Gasteiger partial charge in [0.15, 0.2) is 0 Å². The summed E-state index contributed by atoms with van der Waals surface area (Å²) in [4.78, 5) is 13.3. The molecule has 0 amide bonds. The second kappa shape index (κ2) is 6.74. The van der Waals surface area contributed by atoms with Crippen molar-refractivity contribution in [3.05, 3.63) is 42.4 Å². The van der Waals surface area contributed by atoms with Gasteiger partial charge in [-0.25, -0.2) is 4.68 Å². The summed E-state index contributed by atoms with van der Waals surface area (Å²) < 4.78 is 2.77. The number of rotatable bonds is 5. The lowest BCUT2D eigenvalue weighted by Crippen LogP contribution is -2.26. The normalized spacial score (nSPS) is 11.1. The van der Waals surface area contributed by atoms with Crippen LogP contribution in [-0.2, 0) is 6.42 Å². The van der Waals surface area contributed by atoms with Crippen molar-refractivity contribution in [3.8, 4) is 0 Å². The highest BCUT2D eigenvalue weighted by Gasteiger charge is 2.10. The first kappa shape index (κ1) is 15.5. The van der Waals surface area contributed by atoms with Crippen LogP contribution in [0.1, 0.15) is 24.8 Å². The minimum Gasteiger partial charge on any atom is -0.382 e. The lowest BCUT2D eigenvalue weighted by Gasteiger charge is -2.12. The van der Waals surface area contributed by atoms with Gasteiger partial charge in [0.05, 0.1) is 22.3 Å². The SMILES string of the molecule is CC(C)n1ncc(NCCc2ccc(Cl)s2)c(Br)c1=O. The van der Waals surface area contributed by atoms with E-state index in [1.165, 1.54) is 9.56 Å². The van der Waals surface area contributed by atoms with Crippen molar-refractivity contribution in [1.29, 1.82) is 0 Å². The third-order valence-corrected chi connectivity index (χ3v) is 4.81. The Bertz CT molecular complexity index is 653. The zero-order chi connectivity index (χ0) is 14.7. The van der Waals surface area contributed by atoms with Crippen LogP contribution >= 0.6 is 38.9 Å². The van der Waals surface area contributed by atoms with Gasteiger partial charge in [-0.05, 0) is 48.3 Å². The van der Waals surface area contributed by atoms with E-state index >= 15 is 0 Å². The number of aromatic nitrogens is 2. The lowest BCUT2D eigenvalue weighted by atomic mass is 10.3. The fraction of sp³-hybridized carbons (Fsp3) is 0.385. The minimum atomic E-state index is -0.121. The zero-order valence-corrected chi connectivity index (χ0v) is 14.3. The maximum Gasteiger partial charge on any atom is 0.283 e. The number of halogens is 2. The highest BCUT2D eigenvalue weighted by Crippen LogP contribution is 2.22. The van der Waals surface area contributed by atoms with E-state index in [1.54, 1.807) is 17.5 Å². The molecule has 0 aromatic carbocycles. The van der Waals surface area contributed by atoms with Crippen LogP contribution < -0.4 is 10.9 Å². The summed E-state index contributed by atoms with van der Waals surface area (Å²) >= 11 is 10.8. The Balaban J connectivity index is 2.03. The highest BCUT2D eigenvalue weighted by molar-refractivity contribution is 9.10. The lowest BCUT2D eigenvalue weighted by molar-refractivity contribution is 0.501. The Morgan fingerprint density at radius 2 is 2.25 bits per heavy atom. The van der Waals surface area contributed by atoms with Crippen LogP contribution in [0.2, 0.25) is 4.34 Å². The summed E-state index contributed by atoms with van der Waals surface area (Å²) in [5.41, 5.74) is 0.596. The Labute approximate surface area is 134 Å². The first-order valence-corrected chi connectivity index (χ1v) is 8.23. The van der Waals surface area contributed by atoms with Gasteiger partial charge in [0.1, 0.15) is 4.47 Å². The largest absolute Gasteiger partial charge is 0.382 e. The van der Waals surface area contributed by atoms with E-state index in [9.17, 15) is 4.79 Å². The average molecular weight is 377 g/mol. The van der Waals surface area contributed by atoms with Gasteiger partial charge in [-0.3, -0.25) is 4.79 Å². The summed E-state index contributed by atoms with van der Waals surface area (Å²) in [5.74, 6) is 0. The Morgan fingerprint density at radius 1 is 1.50 bits per heavy atom. The molecule has 108 valence electrons. The van der Waals surface area contributed by atoms with Crippen molar-refractivity contribution in [1.82, 2.24) is 9.78 Å². The minimum absolute atomic E-state index is 0.0427. The number of nitrogens with one attached hydrogen (secondary N) is 1. The second-order valence-electron chi connectivity index (χ2n) is 4.60. The molecule has 0 atom stereocenters. The molecule has 1 N–H and O–H groups in total. The number of hydrogen-bond acceptors (Lipinski definition) is 4. The van der Waals surface area contributed by atoms with Crippen LogP contribution in [0.4, 0.5) is 5.69 Å². The molecular weight excluding hydrogens is 362 g/mol. The van der Waals surface area contributed by atoms with E-state index in [-0.39, 0.29) is 11.6 Å². The van der Waals surface area contributed by atoms with Gasteiger partial charge < -0.3 is 5.32 Å². The molecule has 4 nitrogen and oxygen atoms in total. The van der Waals surface area contributed by atoms with E-state index in [0.29, 0.717) is 4.47 Å². The Hall–Kier alpha value is -0.850. The maximum atomic E-state index is 12.1. The molecule has 20 heavy (non-hydrogen) atoms. The van der Waals surface area contributed by atoms with Gasteiger partial charge in [0, 0.05) is 11.4 Å². The number of anilines is 1. The predicted molar refractivity (Wildman–Crippen MR) is 88.1 cm³/mol. The number of thiophene rings is 1. The standard InChI is InChI=1S/C13H15BrClN3OS/c1-8(2)18-13(19)12(14)10(7-17-18)16-6-5-9-3-4-11(15)20-9/h3-4,7-8,16H,5-6H2,1-2H3. The van der Waals surface area contributed by atoms with Gasteiger partial charge in [-0.1, -0.05) is 11.6 Å². The molecule has 2 aromatic rings. The molecule has 2 heterocycles. The van der Waals surface area contributed by atoms with Gasteiger partial charge in [0.2, 0.25) is 0 Å². The molecule has 0 radical (unpaired) electrons. The molecule has 0 unspecified atom stereocenters. The van der Waals surface area contributed by atoms with E-state index in [4.69, 9.17) is 11.6 Å². The topological polar surface area (TPSA) is 46.9 Å². The van der Waals surface area contributed by atoms with Crippen LogP contribution in [0.5, 0.6) is 0 Å². The number of nitrogens with zero attached hydrogens (tertiary/aromatic N) is 2. The van der Waals surface area contributed by atoms with E-state index < -0.39 is 0 Å². The van der Waals surface area contributed by atoms with Crippen molar-refractivity contribution in [2.75, 3.05) is 11.9 Å². The molecular formula is C13H15BrClN3OS. The van der Waals surface area contributed by atoms with Crippen molar-refractivity contribution >= 4 is 44.6 Å². The smallest absolute Gasteiger partial charge is 0.283 e. The summed E-state index contributed by atoms with van der Waals surface area (Å²) in [6, 6.07) is 3.95. The summed E-state index contributed by atoms with van der Waals surface area (Å²) in [7, 11) is 0. The van der Waals surface area contributed by atoms with Gasteiger partial charge in [0.25, 0.3) is 5.56 Å². The van der Waals surface area contributed by atoms with Gasteiger partial charge in [-0.2, -0.15) is 5.10 Å². The van der Waals surface area contributed by atoms with Crippen LogP contribution in [-0.4, -0.2) is 16.3 Å². The van der Waals surface area contributed by atoms with Crippen molar-refractivity contribution in [3.63, 3.8) is 0 Å². The van der Waals surface area contributed by atoms with Crippen LogP contribution in [0.15, 0.2) is 27.6 Å². The molecule has 0 spiro atoms. The van der Waals surface area contributed by atoms with Crippen LogP contribution in [0.25, 0.3) is 0 Å². The molecule has 0 bridgehead atoms. The van der Waals surface area contributed by atoms with E-state index in [0.717, 1.165) is 23.0 Å². The average Bonchev–Trinajstić information content (AvgIpc) is 2.80. The van der Waals surface area contributed by atoms with E-state index in [1.807, 2.05) is 26.0 Å². The molecule has 0 fully saturated rings. The molecule has 0 saturated heterocycles. The fourth-order valence-electron chi connectivity index (χ4n) is 1.74. The van der Waals surface area contributed by atoms with Gasteiger partial charge >= 0.3 is 0 Å². The van der Waals surface area contributed by atoms with Crippen molar-refractivity contribution in [2.24, 2.45) is 0 Å². The van der Waals surface area contributed by atoms with Crippen LogP contribution in [0.3, 0.4) is 0 Å². The summed E-state index contributed by atoms with van der Waals surface area (Å²) in [6.45, 7) is 4.57. The monoisotopic (exact) mass is 375 g/mol. The molecule has 0 saturated carbocycles. The molecule has 0 aliphatic rings. The van der Waals surface area contributed by atoms with Crippen molar-refractivity contribution in [2.45, 2.75) is 26.3 Å². The first-order valence-electron chi connectivity index (χ1n) is 6.24.